The van der Waals surface area contributed by atoms with Crippen LogP contribution < -0.4 is 10.1 Å². The highest BCUT2D eigenvalue weighted by molar-refractivity contribution is 7.91. The first-order valence-corrected chi connectivity index (χ1v) is 12.6. The van der Waals surface area contributed by atoms with Crippen LogP contribution in [0, 0.1) is 0 Å². The summed E-state index contributed by atoms with van der Waals surface area (Å²) < 4.78 is 37.0. The van der Waals surface area contributed by atoms with Gasteiger partial charge in [0.2, 0.25) is 5.90 Å². The summed E-state index contributed by atoms with van der Waals surface area (Å²) in [7, 11) is -3.59. The molecule has 0 aromatic heterocycles. The molecule has 1 aliphatic rings. The largest absolute Gasteiger partial charge is 0.494 e. The molecule has 0 aliphatic carbocycles. The van der Waals surface area contributed by atoms with Crippen LogP contribution in [0.4, 0.5) is 0 Å². The Morgan fingerprint density at radius 2 is 1.88 bits per heavy atom. The monoisotopic (exact) mass is 474 g/mol. The summed E-state index contributed by atoms with van der Waals surface area (Å²) >= 11 is 0. The lowest BCUT2D eigenvalue weighted by atomic mass is 9.97. The van der Waals surface area contributed by atoms with Crippen LogP contribution in [0.2, 0.25) is 0 Å². The fourth-order valence-electron chi connectivity index (χ4n) is 3.35. The Morgan fingerprint density at radius 3 is 2.52 bits per heavy atom. The van der Waals surface area contributed by atoms with Gasteiger partial charge in [-0.3, -0.25) is 4.79 Å². The fourth-order valence-corrected chi connectivity index (χ4v) is 4.76. The molecule has 3 rings (SSSR count). The van der Waals surface area contributed by atoms with Crippen molar-refractivity contribution >= 4 is 21.6 Å². The normalized spacial score (nSPS) is 18.0. The summed E-state index contributed by atoms with van der Waals surface area (Å²) in [6, 6.07) is 15.1. The van der Waals surface area contributed by atoms with Crippen LogP contribution in [-0.2, 0) is 19.4 Å². The third-order valence-electron chi connectivity index (χ3n) is 5.16. The summed E-state index contributed by atoms with van der Waals surface area (Å²) in [5.74, 6) is 0.330. The molecular formula is C24H30N2O6S. The Labute approximate surface area is 194 Å². The maximum atomic E-state index is 13.1. The van der Waals surface area contributed by atoms with Crippen LogP contribution in [0.1, 0.15) is 32.3 Å². The van der Waals surface area contributed by atoms with E-state index in [9.17, 15) is 13.2 Å². The number of benzene rings is 2. The molecule has 0 fully saturated rings. The number of carbonyl (C=O) groups is 1. The zero-order valence-electron chi connectivity index (χ0n) is 18.9. The second kappa shape index (κ2) is 10.8. The number of aliphatic hydroxyl groups is 1. The molecule has 33 heavy (non-hydrogen) atoms. The summed E-state index contributed by atoms with van der Waals surface area (Å²) in [6.45, 7) is 4.09. The minimum absolute atomic E-state index is 0.00532. The fraction of sp³-hybridized carbons (Fsp3) is 0.417. The minimum atomic E-state index is -3.59. The van der Waals surface area contributed by atoms with Crippen LogP contribution in [0.3, 0.4) is 0 Å². The highest BCUT2D eigenvalue weighted by Gasteiger charge is 2.45. The van der Waals surface area contributed by atoms with E-state index in [1.807, 2.05) is 13.8 Å². The highest BCUT2D eigenvalue weighted by Crippen LogP contribution is 2.28. The Morgan fingerprint density at radius 1 is 1.18 bits per heavy atom. The van der Waals surface area contributed by atoms with E-state index in [1.54, 1.807) is 54.6 Å². The lowest BCUT2D eigenvalue weighted by Gasteiger charge is -2.24. The van der Waals surface area contributed by atoms with Crippen LogP contribution in [0.25, 0.3) is 0 Å². The molecule has 8 nitrogen and oxygen atoms in total. The molecule has 2 aromatic carbocycles. The number of nitrogens with one attached hydrogen (secondary N) is 1. The van der Waals surface area contributed by atoms with Gasteiger partial charge in [0.1, 0.15) is 12.4 Å². The van der Waals surface area contributed by atoms with Crippen molar-refractivity contribution in [1.29, 1.82) is 0 Å². The summed E-state index contributed by atoms with van der Waals surface area (Å²) in [5, 5.41) is 11.7. The number of carbonyl (C=O) groups excluding carboxylic acids is 1. The second-order valence-electron chi connectivity index (χ2n) is 8.20. The number of nitrogens with zero attached hydrogens (tertiary/aromatic N) is 1. The van der Waals surface area contributed by atoms with Gasteiger partial charge in [-0.05, 0) is 56.7 Å². The van der Waals surface area contributed by atoms with E-state index in [0.717, 1.165) is 0 Å². The zero-order valence-corrected chi connectivity index (χ0v) is 19.7. The Kier molecular flexibility index (Phi) is 8.10. The first-order valence-electron chi connectivity index (χ1n) is 10.9. The number of aliphatic imine (C=N–C) groups is 1. The molecule has 0 spiro atoms. The summed E-state index contributed by atoms with van der Waals surface area (Å²) in [4.78, 5) is 17.9. The highest BCUT2D eigenvalue weighted by atomic mass is 32.2. The van der Waals surface area contributed by atoms with Gasteiger partial charge in [-0.15, -0.1) is 0 Å². The van der Waals surface area contributed by atoms with Crippen molar-refractivity contribution < 1.29 is 27.8 Å². The standard InChI is InChI=1S/C24H30N2O6S/c1-18(2)25-23(28)24(13-16-33(29,30)21-7-4-3-5-8-21)17-32-22(26-24)19-9-11-20(12-10-19)31-15-6-14-27/h3-5,7-12,18,27H,6,13-17H2,1-2H3,(H,25,28)/t24-/m1/s1. The lowest BCUT2D eigenvalue weighted by Crippen LogP contribution is -2.49. The van der Waals surface area contributed by atoms with E-state index in [2.05, 4.69) is 10.3 Å². The molecule has 2 N–H and O–H groups in total. The molecule has 178 valence electrons. The number of hydrogen-bond acceptors (Lipinski definition) is 7. The molecule has 2 aromatic rings. The van der Waals surface area contributed by atoms with Crippen molar-refractivity contribution in [3.63, 3.8) is 0 Å². The van der Waals surface area contributed by atoms with Gasteiger partial charge >= 0.3 is 0 Å². The average Bonchev–Trinajstić information content (AvgIpc) is 3.25. The van der Waals surface area contributed by atoms with E-state index < -0.39 is 15.4 Å². The zero-order chi connectivity index (χ0) is 23.9. The van der Waals surface area contributed by atoms with Gasteiger partial charge in [0.15, 0.2) is 15.4 Å². The van der Waals surface area contributed by atoms with E-state index in [0.29, 0.717) is 24.3 Å². The molecule has 1 amide bonds. The van der Waals surface area contributed by atoms with Crippen LogP contribution in [0.15, 0.2) is 64.5 Å². The number of aliphatic hydroxyl groups excluding tert-OH is 1. The molecule has 0 radical (unpaired) electrons. The number of hydrogen-bond donors (Lipinski definition) is 2. The first kappa shape index (κ1) is 24.7. The maximum absolute atomic E-state index is 13.1. The SMILES string of the molecule is CC(C)NC(=O)[C@@]1(CCS(=O)(=O)c2ccccc2)COC(c2ccc(OCCCO)cc2)=N1. The van der Waals surface area contributed by atoms with Crippen molar-refractivity contribution in [2.24, 2.45) is 4.99 Å². The quantitative estimate of drug-likeness (QED) is 0.483. The summed E-state index contributed by atoms with van der Waals surface area (Å²) in [5.41, 5.74) is -0.674. The number of amides is 1. The van der Waals surface area contributed by atoms with Gasteiger partial charge in [0.25, 0.3) is 5.91 Å². The minimum Gasteiger partial charge on any atom is -0.494 e. The maximum Gasteiger partial charge on any atom is 0.251 e. The number of sulfone groups is 1. The first-order chi connectivity index (χ1) is 15.8. The van der Waals surface area contributed by atoms with Crippen molar-refractivity contribution in [2.45, 2.75) is 43.2 Å². The van der Waals surface area contributed by atoms with Gasteiger partial charge in [-0.25, -0.2) is 13.4 Å². The van der Waals surface area contributed by atoms with Crippen LogP contribution in [0.5, 0.6) is 5.75 Å². The van der Waals surface area contributed by atoms with E-state index in [1.165, 1.54) is 0 Å². The lowest BCUT2D eigenvalue weighted by molar-refractivity contribution is -0.127. The molecule has 0 saturated carbocycles. The van der Waals surface area contributed by atoms with Crippen molar-refractivity contribution in [3.8, 4) is 5.75 Å². The van der Waals surface area contributed by atoms with Crippen molar-refractivity contribution in [1.82, 2.24) is 5.32 Å². The molecule has 0 unspecified atom stereocenters. The summed E-state index contributed by atoms with van der Waals surface area (Å²) in [6.07, 6.45) is 0.533. The van der Waals surface area contributed by atoms with Crippen molar-refractivity contribution in [2.75, 3.05) is 25.6 Å². The molecule has 1 aliphatic heterocycles. The average molecular weight is 475 g/mol. The number of ether oxygens (including phenoxy) is 2. The molecule has 0 bridgehead atoms. The van der Waals surface area contributed by atoms with Crippen LogP contribution in [-0.4, -0.2) is 62.5 Å². The van der Waals surface area contributed by atoms with Gasteiger partial charge in [-0.1, -0.05) is 18.2 Å². The smallest absolute Gasteiger partial charge is 0.251 e. The molecular weight excluding hydrogens is 444 g/mol. The Balaban J connectivity index is 1.81. The van der Waals surface area contributed by atoms with Gasteiger partial charge in [0.05, 0.1) is 17.3 Å². The molecule has 9 heteroatoms. The molecule has 0 saturated heterocycles. The Bertz CT molecular complexity index is 1070. The molecule has 1 atom stereocenters. The predicted octanol–water partition coefficient (Wildman–Crippen LogP) is 2.35. The van der Waals surface area contributed by atoms with E-state index >= 15 is 0 Å². The third kappa shape index (κ3) is 6.33. The van der Waals surface area contributed by atoms with E-state index in [-0.39, 0.29) is 48.1 Å². The number of rotatable bonds is 11. The third-order valence-corrected chi connectivity index (χ3v) is 6.90. The van der Waals surface area contributed by atoms with Crippen LogP contribution >= 0.6 is 0 Å². The van der Waals surface area contributed by atoms with Gasteiger partial charge < -0.3 is 19.9 Å². The second-order valence-corrected chi connectivity index (χ2v) is 10.3. The predicted molar refractivity (Wildman–Crippen MR) is 125 cm³/mol. The van der Waals surface area contributed by atoms with Gasteiger partial charge in [-0.2, -0.15) is 0 Å². The van der Waals surface area contributed by atoms with E-state index in [4.69, 9.17) is 14.6 Å². The van der Waals surface area contributed by atoms with Gasteiger partial charge in [0, 0.05) is 24.6 Å². The van der Waals surface area contributed by atoms with Crippen molar-refractivity contribution in [3.05, 3.63) is 60.2 Å². The topological polar surface area (TPSA) is 114 Å². The Hall–Kier alpha value is -2.91. The molecule has 1 heterocycles.